The fourth-order valence-corrected chi connectivity index (χ4v) is 2.02. The van der Waals surface area contributed by atoms with Gasteiger partial charge in [0.2, 0.25) is 5.95 Å². The molecule has 0 bridgehead atoms. The monoisotopic (exact) mass is 258 g/mol. The van der Waals surface area contributed by atoms with Gasteiger partial charge in [-0.05, 0) is 18.2 Å². The minimum atomic E-state index is -0.449. The molecule has 0 saturated carbocycles. The third kappa shape index (κ3) is 1.77. The number of nitrogen functional groups attached to an aromatic ring is 1. The van der Waals surface area contributed by atoms with E-state index in [1.165, 1.54) is 13.2 Å². The number of benzene rings is 1. The highest BCUT2D eigenvalue weighted by molar-refractivity contribution is 5.79. The lowest BCUT2D eigenvalue weighted by molar-refractivity contribution is 0.386. The lowest BCUT2D eigenvalue weighted by Gasteiger charge is -2.08. The van der Waals surface area contributed by atoms with Crippen LogP contribution in [0.3, 0.4) is 0 Å². The van der Waals surface area contributed by atoms with E-state index in [0.29, 0.717) is 11.2 Å². The predicted molar refractivity (Wildman–Crippen MR) is 69.8 cm³/mol. The van der Waals surface area contributed by atoms with E-state index in [2.05, 4.69) is 9.97 Å². The largest absolute Gasteiger partial charge is 0.494 e. The van der Waals surface area contributed by atoms with E-state index < -0.39 is 5.82 Å². The third-order valence-corrected chi connectivity index (χ3v) is 2.88. The van der Waals surface area contributed by atoms with Crippen molar-refractivity contribution in [2.24, 2.45) is 0 Å². The number of halogens is 1. The molecule has 0 spiro atoms. The zero-order valence-corrected chi connectivity index (χ0v) is 10.2. The fraction of sp³-hybridized carbons (Fsp3) is 0.0769. The van der Waals surface area contributed by atoms with Crippen LogP contribution in [0.1, 0.15) is 0 Å². The molecule has 3 rings (SSSR count). The molecule has 0 aliphatic rings. The van der Waals surface area contributed by atoms with Crippen molar-refractivity contribution in [3.63, 3.8) is 0 Å². The molecule has 0 aliphatic carbocycles. The van der Waals surface area contributed by atoms with Gasteiger partial charge >= 0.3 is 0 Å². The summed E-state index contributed by atoms with van der Waals surface area (Å²) in [6.07, 6.45) is 3.25. The molecule has 2 N–H and O–H groups in total. The van der Waals surface area contributed by atoms with Crippen LogP contribution in [0.25, 0.3) is 16.7 Å². The topological polar surface area (TPSA) is 66.0 Å². The van der Waals surface area contributed by atoms with Crippen LogP contribution in [0.5, 0.6) is 5.75 Å². The summed E-state index contributed by atoms with van der Waals surface area (Å²) in [7, 11) is 1.42. The van der Waals surface area contributed by atoms with Crippen LogP contribution in [-0.2, 0) is 0 Å². The van der Waals surface area contributed by atoms with Crippen LogP contribution >= 0.6 is 0 Å². The molecule has 0 saturated heterocycles. The Bertz CT molecular complexity index is 753. The fourth-order valence-electron chi connectivity index (χ4n) is 2.02. The molecule has 19 heavy (non-hydrogen) atoms. The second-order valence-corrected chi connectivity index (χ2v) is 3.99. The number of anilines is 1. The number of methoxy groups -OCH3 is 1. The molecule has 2 heterocycles. The first kappa shape index (κ1) is 11.5. The quantitative estimate of drug-likeness (QED) is 0.764. The number of ether oxygens (including phenoxy) is 1. The van der Waals surface area contributed by atoms with Crippen molar-refractivity contribution in [3.8, 4) is 11.4 Å². The third-order valence-electron chi connectivity index (χ3n) is 2.88. The number of fused-ring (bicyclic) bond motifs is 1. The van der Waals surface area contributed by atoms with Crippen molar-refractivity contribution in [2.75, 3.05) is 12.8 Å². The standard InChI is InChI=1S/C13H11FN4O/c1-19-12-3-2-8(6-9(12)14)18-11-4-5-16-7-10(11)17-13(18)15/h2-7H,1H3,(H2,15,17). The summed E-state index contributed by atoms with van der Waals surface area (Å²) < 4.78 is 20.3. The molecule has 0 aliphatic heterocycles. The maximum Gasteiger partial charge on any atom is 0.205 e. The maximum atomic E-state index is 13.8. The van der Waals surface area contributed by atoms with E-state index in [1.54, 1.807) is 35.2 Å². The number of nitrogens with zero attached hydrogens (tertiary/aromatic N) is 3. The van der Waals surface area contributed by atoms with Crippen molar-refractivity contribution in [2.45, 2.75) is 0 Å². The Morgan fingerprint density at radius 3 is 2.89 bits per heavy atom. The molecular weight excluding hydrogens is 247 g/mol. The SMILES string of the molecule is COc1ccc(-n2c(N)nc3cnccc32)cc1F. The number of aromatic nitrogens is 3. The number of hydrogen-bond acceptors (Lipinski definition) is 4. The van der Waals surface area contributed by atoms with E-state index in [9.17, 15) is 4.39 Å². The summed E-state index contributed by atoms with van der Waals surface area (Å²) in [5, 5.41) is 0. The Balaban J connectivity index is 2.24. The van der Waals surface area contributed by atoms with Crippen molar-refractivity contribution >= 4 is 17.0 Å². The highest BCUT2D eigenvalue weighted by Gasteiger charge is 2.12. The van der Waals surface area contributed by atoms with Gasteiger partial charge in [0.15, 0.2) is 11.6 Å². The summed E-state index contributed by atoms with van der Waals surface area (Å²) in [6.45, 7) is 0. The first-order valence-electron chi connectivity index (χ1n) is 5.62. The molecule has 1 aromatic carbocycles. The van der Waals surface area contributed by atoms with Crippen LogP contribution < -0.4 is 10.5 Å². The van der Waals surface area contributed by atoms with Crippen LogP contribution in [0.15, 0.2) is 36.7 Å². The van der Waals surface area contributed by atoms with Gasteiger partial charge in [0.05, 0.1) is 24.5 Å². The van der Waals surface area contributed by atoms with Gasteiger partial charge in [-0.25, -0.2) is 9.37 Å². The molecule has 2 aromatic heterocycles. The predicted octanol–water partition coefficient (Wildman–Crippen LogP) is 2.15. The van der Waals surface area contributed by atoms with Gasteiger partial charge in [0, 0.05) is 12.3 Å². The van der Waals surface area contributed by atoms with E-state index in [0.717, 1.165) is 5.52 Å². The van der Waals surface area contributed by atoms with Crippen molar-refractivity contribution < 1.29 is 9.13 Å². The molecule has 5 nitrogen and oxygen atoms in total. The van der Waals surface area contributed by atoms with Crippen LogP contribution in [0.2, 0.25) is 0 Å². The maximum absolute atomic E-state index is 13.8. The summed E-state index contributed by atoms with van der Waals surface area (Å²) >= 11 is 0. The first-order valence-corrected chi connectivity index (χ1v) is 5.62. The molecule has 96 valence electrons. The molecule has 0 amide bonds. The smallest absolute Gasteiger partial charge is 0.205 e. The molecule has 3 aromatic rings. The highest BCUT2D eigenvalue weighted by atomic mass is 19.1. The first-order chi connectivity index (χ1) is 9.20. The van der Waals surface area contributed by atoms with E-state index in [1.807, 2.05) is 0 Å². The minimum Gasteiger partial charge on any atom is -0.494 e. The van der Waals surface area contributed by atoms with Crippen LogP contribution in [0, 0.1) is 5.82 Å². The van der Waals surface area contributed by atoms with Gasteiger partial charge in [0.1, 0.15) is 5.52 Å². The number of imidazole rings is 1. The normalized spacial score (nSPS) is 10.8. The summed E-state index contributed by atoms with van der Waals surface area (Å²) in [5.41, 5.74) is 7.90. The minimum absolute atomic E-state index is 0.188. The van der Waals surface area contributed by atoms with Gasteiger partial charge in [-0.15, -0.1) is 0 Å². The molecule has 0 fully saturated rings. The van der Waals surface area contributed by atoms with Gasteiger partial charge in [0.25, 0.3) is 0 Å². The highest BCUT2D eigenvalue weighted by Crippen LogP contribution is 2.25. The van der Waals surface area contributed by atoms with E-state index in [-0.39, 0.29) is 11.7 Å². The average Bonchev–Trinajstić information content (AvgIpc) is 2.74. The lowest BCUT2D eigenvalue weighted by atomic mass is 10.2. The Labute approximate surface area is 108 Å². The lowest BCUT2D eigenvalue weighted by Crippen LogP contribution is -2.01. The van der Waals surface area contributed by atoms with Crippen molar-refractivity contribution in [3.05, 3.63) is 42.5 Å². The average molecular weight is 258 g/mol. The molecule has 0 radical (unpaired) electrons. The van der Waals surface area contributed by atoms with E-state index in [4.69, 9.17) is 10.5 Å². The van der Waals surface area contributed by atoms with Crippen molar-refractivity contribution in [1.29, 1.82) is 0 Å². The Morgan fingerprint density at radius 2 is 2.16 bits per heavy atom. The Hall–Kier alpha value is -2.63. The number of nitrogens with two attached hydrogens (primary N) is 1. The summed E-state index contributed by atoms with van der Waals surface area (Å²) in [5.74, 6) is 0.0243. The Kier molecular flexibility index (Phi) is 2.56. The number of pyridine rings is 1. The Morgan fingerprint density at radius 1 is 1.32 bits per heavy atom. The van der Waals surface area contributed by atoms with Gasteiger partial charge in [-0.1, -0.05) is 0 Å². The molecular formula is C13H11FN4O. The van der Waals surface area contributed by atoms with Gasteiger partial charge < -0.3 is 10.5 Å². The van der Waals surface area contributed by atoms with E-state index >= 15 is 0 Å². The van der Waals surface area contributed by atoms with Crippen molar-refractivity contribution in [1.82, 2.24) is 14.5 Å². The summed E-state index contributed by atoms with van der Waals surface area (Å²) in [4.78, 5) is 8.17. The molecule has 0 atom stereocenters. The number of hydrogen-bond donors (Lipinski definition) is 1. The van der Waals surface area contributed by atoms with Crippen LogP contribution in [0.4, 0.5) is 10.3 Å². The second kappa shape index (κ2) is 4.24. The molecule has 0 unspecified atom stereocenters. The second-order valence-electron chi connectivity index (χ2n) is 3.99. The molecule has 6 heteroatoms. The van der Waals surface area contributed by atoms with Gasteiger partial charge in [-0.3, -0.25) is 9.55 Å². The number of rotatable bonds is 2. The zero-order chi connectivity index (χ0) is 13.4. The van der Waals surface area contributed by atoms with Gasteiger partial charge in [-0.2, -0.15) is 0 Å². The zero-order valence-electron chi connectivity index (χ0n) is 10.2. The summed E-state index contributed by atoms with van der Waals surface area (Å²) in [6, 6.07) is 6.41. The van der Waals surface area contributed by atoms with Crippen LogP contribution in [-0.4, -0.2) is 21.6 Å².